The van der Waals surface area contributed by atoms with Crippen LogP contribution in [0, 0.1) is 6.61 Å². The van der Waals surface area contributed by atoms with Gasteiger partial charge in [-0.15, -0.1) is 0 Å². The Labute approximate surface area is 55.8 Å². The topological polar surface area (TPSA) is 94.1 Å². The molecule has 5 nitrogen and oxygen atoms in total. The van der Waals surface area contributed by atoms with Crippen LogP contribution >= 0.6 is 0 Å². The predicted molar refractivity (Wildman–Crippen MR) is 29.0 cm³/mol. The quantitative estimate of drug-likeness (QED) is 0.455. The average Bonchev–Trinajstić information content (AvgIpc) is 2.17. The van der Waals surface area contributed by atoms with Crippen molar-refractivity contribution in [2.45, 2.75) is 0 Å². The molecule has 0 saturated carbocycles. The van der Waals surface area contributed by atoms with E-state index in [2.05, 4.69) is 4.42 Å². The molecule has 55 valence electrons. The van der Waals surface area contributed by atoms with Crippen molar-refractivity contribution in [2.24, 2.45) is 0 Å². The maximum atomic E-state index is 8.72. The predicted octanol–water partition coefficient (Wildman–Crippen LogP) is 0.279. The monoisotopic (exact) mass is 145 g/mol. The molecule has 0 saturated heterocycles. The number of aliphatic hydroxyl groups excluding tert-OH is 1. The normalized spacial score (nSPS) is 10.1. The van der Waals surface area contributed by atoms with Gasteiger partial charge in [0.05, 0.1) is 0 Å². The van der Waals surface area contributed by atoms with Gasteiger partial charge in [-0.25, -0.2) is 0 Å². The summed E-state index contributed by atoms with van der Waals surface area (Å²) < 4.78 is 4.24. The summed E-state index contributed by atoms with van der Waals surface area (Å²) >= 11 is 0. The van der Waals surface area contributed by atoms with Crippen LogP contribution in [0.4, 0.5) is 0 Å². The lowest BCUT2D eigenvalue weighted by Gasteiger charge is -1.85. The summed E-state index contributed by atoms with van der Waals surface area (Å²) in [7, 11) is 0. The third-order valence-electron chi connectivity index (χ3n) is 0.984. The lowest BCUT2D eigenvalue weighted by atomic mass is 10.4. The van der Waals surface area contributed by atoms with Gasteiger partial charge in [-0.1, -0.05) is 0 Å². The highest BCUT2D eigenvalue weighted by Gasteiger charge is 2.17. The van der Waals surface area contributed by atoms with E-state index in [-0.39, 0.29) is 5.76 Å². The Balaban J connectivity index is 3.17. The van der Waals surface area contributed by atoms with Gasteiger partial charge >= 0.3 is 5.95 Å². The third kappa shape index (κ3) is 0.763. The van der Waals surface area contributed by atoms with Crippen LogP contribution in [0.3, 0.4) is 0 Å². The van der Waals surface area contributed by atoms with E-state index in [4.69, 9.17) is 20.4 Å². The fraction of sp³-hybridized carbons (Fsp3) is 0. The van der Waals surface area contributed by atoms with E-state index < -0.39 is 17.4 Å². The molecule has 10 heavy (non-hydrogen) atoms. The van der Waals surface area contributed by atoms with Crippen LogP contribution in [0.2, 0.25) is 0 Å². The van der Waals surface area contributed by atoms with Gasteiger partial charge in [0, 0.05) is 0 Å². The van der Waals surface area contributed by atoms with Crippen molar-refractivity contribution < 1.29 is 24.8 Å². The lowest BCUT2D eigenvalue weighted by Crippen LogP contribution is -1.72. The minimum atomic E-state index is -0.821. The summed E-state index contributed by atoms with van der Waals surface area (Å²) in [5, 5.41) is 34.2. The van der Waals surface area contributed by atoms with E-state index in [0.29, 0.717) is 6.61 Å². The lowest BCUT2D eigenvalue weighted by molar-refractivity contribution is 0.286. The Morgan fingerprint density at radius 2 is 1.70 bits per heavy atom. The summed E-state index contributed by atoms with van der Waals surface area (Å²) in [5.41, 5.74) is 0. The molecule has 0 spiro atoms. The van der Waals surface area contributed by atoms with Gasteiger partial charge < -0.3 is 24.8 Å². The van der Waals surface area contributed by atoms with Crippen molar-refractivity contribution in [3.8, 4) is 17.4 Å². The van der Waals surface area contributed by atoms with Gasteiger partial charge in [0.15, 0.2) is 5.76 Å². The number of hydrogen-bond acceptors (Lipinski definition) is 5. The molecular weight excluding hydrogens is 140 g/mol. The zero-order chi connectivity index (χ0) is 7.72. The van der Waals surface area contributed by atoms with Crippen molar-refractivity contribution in [2.75, 3.05) is 0 Å². The molecule has 0 amide bonds. The van der Waals surface area contributed by atoms with Crippen molar-refractivity contribution in [1.29, 1.82) is 0 Å². The molecule has 1 aromatic rings. The number of rotatable bonds is 1. The molecule has 1 heterocycles. The Kier molecular flexibility index (Phi) is 1.42. The van der Waals surface area contributed by atoms with Gasteiger partial charge in [-0.05, 0) is 0 Å². The maximum Gasteiger partial charge on any atom is 0.330 e. The second-order valence-corrected chi connectivity index (χ2v) is 1.60. The average molecular weight is 145 g/mol. The summed E-state index contributed by atoms with van der Waals surface area (Å²) in [6.45, 7) is 0.425. The minimum absolute atomic E-state index is 0.380. The van der Waals surface area contributed by atoms with Crippen LogP contribution in [-0.2, 0) is 0 Å². The molecular formula is C5H5O5. The summed E-state index contributed by atoms with van der Waals surface area (Å²) in [5.74, 6) is -2.66. The molecule has 4 N–H and O–H groups in total. The smallest absolute Gasteiger partial charge is 0.330 e. The molecule has 1 aromatic heterocycles. The van der Waals surface area contributed by atoms with Crippen molar-refractivity contribution in [3.05, 3.63) is 12.4 Å². The Hall–Kier alpha value is -1.36. The molecule has 5 heteroatoms. The SMILES string of the molecule is O[CH]c1oc(O)c(O)c1O. The largest absolute Gasteiger partial charge is 0.502 e. The van der Waals surface area contributed by atoms with E-state index in [1.807, 2.05) is 0 Å². The van der Waals surface area contributed by atoms with Crippen LogP contribution in [0.5, 0.6) is 17.4 Å². The Morgan fingerprint density at radius 3 is 1.90 bits per heavy atom. The van der Waals surface area contributed by atoms with Crippen molar-refractivity contribution >= 4 is 0 Å². The second kappa shape index (κ2) is 2.11. The molecule has 0 aliphatic carbocycles. The summed E-state index contributed by atoms with van der Waals surface area (Å²) in [6, 6.07) is 0. The first-order valence-corrected chi connectivity index (χ1v) is 2.38. The number of furan rings is 1. The van der Waals surface area contributed by atoms with E-state index >= 15 is 0 Å². The highest BCUT2D eigenvalue weighted by atomic mass is 16.5. The van der Waals surface area contributed by atoms with Crippen molar-refractivity contribution in [3.63, 3.8) is 0 Å². The van der Waals surface area contributed by atoms with Crippen LogP contribution in [0.15, 0.2) is 4.42 Å². The van der Waals surface area contributed by atoms with Crippen LogP contribution < -0.4 is 0 Å². The second-order valence-electron chi connectivity index (χ2n) is 1.60. The van der Waals surface area contributed by atoms with Gasteiger partial charge in [-0.3, -0.25) is 0 Å². The fourth-order valence-electron chi connectivity index (χ4n) is 0.506. The molecule has 1 radical (unpaired) electrons. The van der Waals surface area contributed by atoms with Crippen LogP contribution in [0.1, 0.15) is 5.76 Å². The summed E-state index contributed by atoms with van der Waals surface area (Å²) in [6.07, 6.45) is 0. The fourth-order valence-corrected chi connectivity index (χ4v) is 0.506. The first kappa shape index (κ1) is 6.76. The molecule has 0 atom stereocenters. The molecule has 0 aliphatic rings. The van der Waals surface area contributed by atoms with E-state index in [1.54, 1.807) is 0 Å². The Bertz CT molecular complexity index is 238. The zero-order valence-electron chi connectivity index (χ0n) is 4.77. The highest BCUT2D eigenvalue weighted by molar-refractivity contribution is 5.48. The highest BCUT2D eigenvalue weighted by Crippen LogP contribution is 2.40. The van der Waals surface area contributed by atoms with E-state index in [9.17, 15) is 0 Å². The molecule has 0 aromatic carbocycles. The molecule has 0 aliphatic heterocycles. The van der Waals surface area contributed by atoms with E-state index in [0.717, 1.165) is 0 Å². The number of hydrogen-bond donors (Lipinski definition) is 4. The van der Waals surface area contributed by atoms with Gasteiger partial charge in [-0.2, -0.15) is 0 Å². The standard InChI is InChI=1S/C5H5O5/c6-1-2-3(7)4(8)5(9)10-2/h1,6-9H. The summed E-state index contributed by atoms with van der Waals surface area (Å²) in [4.78, 5) is 0. The molecule has 0 fully saturated rings. The van der Waals surface area contributed by atoms with Crippen LogP contribution in [-0.4, -0.2) is 20.4 Å². The third-order valence-corrected chi connectivity index (χ3v) is 0.984. The molecule has 0 unspecified atom stereocenters. The van der Waals surface area contributed by atoms with Gasteiger partial charge in [0.2, 0.25) is 11.5 Å². The molecule has 1 rings (SSSR count). The van der Waals surface area contributed by atoms with Gasteiger partial charge in [0.1, 0.15) is 6.61 Å². The zero-order valence-corrected chi connectivity index (χ0v) is 4.77. The van der Waals surface area contributed by atoms with Gasteiger partial charge in [0.25, 0.3) is 0 Å². The van der Waals surface area contributed by atoms with E-state index in [1.165, 1.54) is 0 Å². The maximum absolute atomic E-state index is 8.72. The van der Waals surface area contributed by atoms with Crippen LogP contribution in [0.25, 0.3) is 0 Å². The molecule has 0 bridgehead atoms. The minimum Gasteiger partial charge on any atom is -0.502 e. The first-order chi connectivity index (χ1) is 4.66. The first-order valence-electron chi connectivity index (χ1n) is 2.38. The van der Waals surface area contributed by atoms with Crippen molar-refractivity contribution in [1.82, 2.24) is 0 Å². The number of aromatic hydroxyl groups is 3. The Morgan fingerprint density at radius 1 is 1.10 bits per heavy atom. The number of aliphatic hydroxyl groups is 1.